The predicted molar refractivity (Wildman–Crippen MR) is 57.9 cm³/mol. The molecule has 0 saturated heterocycles. The van der Waals surface area contributed by atoms with Crippen LogP contribution < -0.4 is 0 Å². The summed E-state index contributed by atoms with van der Waals surface area (Å²) >= 11 is 7.19. The van der Waals surface area contributed by atoms with Crippen molar-refractivity contribution in [2.75, 3.05) is 11.6 Å². The van der Waals surface area contributed by atoms with E-state index < -0.39 is 0 Å². The zero-order valence-corrected chi connectivity index (χ0v) is 8.99. The lowest BCUT2D eigenvalue weighted by molar-refractivity contribution is 0.102. The third kappa shape index (κ3) is 3.05. The molecule has 0 N–H and O–H groups in total. The van der Waals surface area contributed by atoms with Gasteiger partial charge in [0.2, 0.25) is 0 Å². The Kier molecular flexibility index (Phi) is 4.33. The maximum Gasteiger partial charge on any atom is 0.177 e. The number of alkyl halides is 1. The van der Waals surface area contributed by atoms with Crippen molar-refractivity contribution in [3.05, 3.63) is 29.8 Å². The predicted octanol–water partition coefficient (Wildman–Crippen LogP) is 3.22. The van der Waals surface area contributed by atoms with Crippen molar-refractivity contribution in [3.63, 3.8) is 0 Å². The molecule has 0 amide bonds. The van der Waals surface area contributed by atoms with Crippen molar-refractivity contribution < 1.29 is 4.79 Å². The molecule has 1 rings (SSSR count). The summed E-state index contributed by atoms with van der Waals surface area (Å²) in [5.41, 5.74) is 0.690. The van der Waals surface area contributed by atoms with E-state index in [1.807, 2.05) is 24.3 Å². The average molecular weight is 215 g/mol. The standard InChI is InChI=1S/C10H11ClOS/c1-2-13-9-5-3-8(4-6-9)10(12)7-11/h3-6H,2,7H2,1H3. The van der Waals surface area contributed by atoms with Crippen LogP contribution in [-0.2, 0) is 0 Å². The van der Waals surface area contributed by atoms with Gasteiger partial charge >= 0.3 is 0 Å². The smallest absolute Gasteiger partial charge is 0.177 e. The third-order valence-corrected chi connectivity index (χ3v) is 2.75. The fourth-order valence-electron chi connectivity index (χ4n) is 0.981. The van der Waals surface area contributed by atoms with Crippen LogP contribution in [0.15, 0.2) is 29.2 Å². The zero-order valence-electron chi connectivity index (χ0n) is 7.42. The van der Waals surface area contributed by atoms with Crippen molar-refractivity contribution in [1.82, 2.24) is 0 Å². The lowest BCUT2D eigenvalue weighted by atomic mass is 10.1. The molecule has 0 aliphatic carbocycles. The minimum Gasteiger partial charge on any atom is -0.293 e. The van der Waals surface area contributed by atoms with Gasteiger partial charge in [0.05, 0.1) is 5.88 Å². The van der Waals surface area contributed by atoms with Crippen LogP contribution in [0.3, 0.4) is 0 Å². The number of halogens is 1. The number of Topliss-reactive ketones (excluding diaryl/α,β-unsaturated/α-hetero) is 1. The number of rotatable bonds is 4. The van der Waals surface area contributed by atoms with E-state index in [-0.39, 0.29) is 11.7 Å². The molecule has 0 spiro atoms. The van der Waals surface area contributed by atoms with Crippen LogP contribution in [0.1, 0.15) is 17.3 Å². The summed E-state index contributed by atoms with van der Waals surface area (Å²) in [6.45, 7) is 2.10. The van der Waals surface area contributed by atoms with Gasteiger partial charge in [0.15, 0.2) is 5.78 Å². The Morgan fingerprint density at radius 1 is 1.38 bits per heavy atom. The summed E-state index contributed by atoms with van der Waals surface area (Å²) in [5, 5.41) is 0. The summed E-state index contributed by atoms with van der Waals surface area (Å²) in [7, 11) is 0. The van der Waals surface area contributed by atoms with E-state index in [0.29, 0.717) is 5.56 Å². The molecule has 0 aliphatic rings. The lowest BCUT2D eigenvalue weighted by Gasteiger charge is -1.99. The monoisotopic (exact) mass is 214 g/mol. The molecule has 0 aliphatic heterocycles. The van der Waals surface area contributed by atoms with Gasteiger partial charge in [-0.15, -0.1) is 23.4 Å². The van der Waals surface area contributed by atoms with Gasteiger partial charge in [-0.3, -0.25) is 4.79 Å². The van der Waals surface area contributed by atoms with Crippen molar-refractivity contribution in [2.24, 2.45) is 0 Å². The first-order chi connectivity index (χ1) is 6.27. The van der Waals surface area contributed by atoms with Gasteiger partial charge in [-0.05, 0) is 17.9 Å². The van der Waals surface area contributed by atoms with E-state index in [4.69, 9.17) is 11.6 Å². The zero-order chi connectivity index (χ0) is 9.68. The highest BCUT2D eigenvalue weighted by Crippen LogP contribution is 2.17. The van der Waals surface area contributed by atoms with E-state index in [9.17, 15) is 4.79 Å². The number of benzene rings is 1. The highest BCUT2D eigenvalue weighted by Gasteiger charge is 2.02. The van der Waals surface area contributed by atoms with Gasteiger partial charge in [0.25, 0.3) is 0 Å². The molecule has 0 fully saturated rings. The number of carbonyl (C=O) groups is 1. The Labute approximate surface area is 87.5 Å². The van der Waals surface area contributed by atoms with Crippen LogP contribution in [-0.4, -0.2) is 17.4 Å². The first kappa shape index (κ1) is 10.6. The van der Waals surface area contributed by atoms with Gasteiger partial charge in [0.1, 0.15) is 0 Å². The van der Waals surface area contributed by atoms with E-state index in [1.54, 1.807) is 11.8 Å². The molecule has 1 nitrogen and oxygen atoms in total. The number of ketones is 1. The first-order valence-corrected chi connectivity index (χ1v) is 5.62. The van der Waals surface area contributed by atoms with Crippen LogP contribution in [0, 0.1) is 0 Å². The molecule has 3 heteroatoms. The maximum absolute atomic E-state index is 11.1. The summed E-state index contributed by atoms with van der Waals surface area (Å²) in [5.74, 6) is 1.08. The first-order valence-electron chi connectivity index (χ1n) is 4.10. The van der Waals surface area contributed by atoms with Gasteiger partial charge in [-0.25, -0.2) is 0 Å². The fourth-order valence-corrected chi connectivity index (χ4v) is 1.80. The molecule has 13 heavy (non-hydrogen) atoms. The lowest BCUT2D eigenvalue weighted by Crippen LogP contribution is -1.99. The number of hydrogen-bond donors (Lipinski definition) is 0. The average Bonchev–Trinajstić information content (AvgIpc) is 2.18. The minimum atomic E-state index is -0.0188. The molecule has 1 aromatic rings. The Hall–Kier alpha value is -0.470. The number of thioether (sulfide) groups is 1. The molecule has 0 aromatic heterocycles. The molecular weight excluding hydrogens is 204 g/mol. The van der Waals surface area contributed by atoms with Crippen LogP contribution in [0.5, 0.6) is 0 Å². The normalized spacial score (nSPS) is 10.0. The molecular formula is C10H11ClOS. The van der Waals surface area contributed by atoms with Crippen molar-refractivity contribution in [3.8, 4) is 0 Å². The van der Waals surface area contributed by atoms with Crippen molar-refractivity contribution in [1.29, 1.82) is 0 Å². The topological polar surface area (TPSA) is 17.1 Å². The molecule has 0 radical (unpaired) electrons. The Balaban J connectivity index is 2.75. The maximum atomic E-state index is 11.1. The quantitative estimate of drug-likeness (QED) is 0.435. The largest absolute Gasteiger partial charge is 0.293 e. The third-order valence-electron chi connectivity index (χ3n) is 1.61. The van der Waals surface area contributed by atoms with Gasteiger partial charge in [0, 0.05) is 10.5 Å². The van der Waals surface area contributed by atoms with E-state index in [2.05, 4.69) is 6.92 Å². The fraction of sp³-hybridized carbons (Fsp3) is 0.300. The second kappa shape index (κ2) is 5.30. The van der Waals surface area contributed by atoms with Gasteiger partial charge < -0.3 is 0 Å². The molecule has 1 aromatic carbocycles. The molecule has 0 saturated carbocycles. The highest BCUT2D eigenvalue weighted by atomic mass is 35.5. The van der Waals surface area contributed by atoms with E-state index in [0.717, 1.165) is 5.75 Å². The molecule has 0 heterocycles. The van der Waals surface area contributed by atoms with Gasteiger partial charge in [-0.1, -0.05) is 19.1 Å². The minimum absolute atomic E-state index is 0.0188. The summed E-state index contributed by atoms with van der Waals surface area (Å²) in [6.07, 6.45) is 0. The second-order valence-electron chi connectivity index (χ2n) is 2.51. The van der Waals surface area contributed by atoms with Crippen LogP contribution >= 0.6 is 23.4 Å². The van der Waals surface area contributed by atoms with E-state index in [1.165, 1.54) is 4.90 Å². The number of carbonyl (C=O) groups excluding carboxylic acids is 1. The molecule has 0 atom stereocenters. The Morgan fingerprint density at radius 3 is 2.46 bits per heavy atom. The second-order valence-corrected chi connectivity index (χ2v) is 4.12. The highest BCUT2D eigenvalue weighted by molar-refractivity contribution is 7.99. The van der Waals surface area contributed by atoms with Crippen LogP contribution in [0.2, 0.25) is 0 Å². The molecule has 0 bridgehead atoms. The number of hydrogen-bond acceptors (Lipinski definition) is 2. The SMILES string of the molecule is CCSc1ccc(C(=O)CCl)cc1. The van der Waals surface area contributed by atoms with Crippen LogP contribution in [0.25, 0.3) is 0 Å². The molecule has 0 unspecified atom stereocenters. The van der Waals surface area contributed by atoms with Crippen LogP contribution in [0.4, 0.5) is 0 Å². The van der Waals surface area contributed by atoms with Crippen molar-refractivity contribution in [2.45, 2.75) is 11.8 Å². The Morgan fingerprint density at radius 2 is 2.00 bits per heavy atom. The summed E-state index contributed by atoms with van der Waals surface area (Å²) < 4.78 is 0. The summed E-state index contributed by atoms with van der Waals surface area (Å²) in [4.78, 5) is 12.3. The van der Waals surface area contributed by atoms with Crippen molar-refractivity contribution >= 4 is 29.1 Å². The molecule has 70 valence electrons. The van der Waals surface area contributed by atoms with Gasteiger partial charge in [-0.2, -0.15) is 0 Å². The van der Waals surface area contributed by atoms with E-state index >= 15 is 0 Å². The Bertz CT molecular complexity index is 281. The summed E-state index contributed by atoms with van der Waals surface area (Å²) in [6, 6.07) is 7.55.